The number of carbonyl (C=O) groups excluding carboxylic acids is 1. The van der Waals surface area contributed by atoms with Gasteiger partial charge < -0.3 is 20.5 Å². The predicted octanol–water partition coefficient (Wildman–Crippen LogP) is 0.591. The van der Waals surface area contributed by atoms with Crippen molar-refractivity contribution in [3.63, 3.8) is 0 Å². The largest absolute Gasteiger partial charge is 0.478 e. The number of carboxylic acid groups (broad SMARTS) is 1. The minimum Gasteiger partial charge on any atom is -0.478 e. The van der Waals surface area contributed by atoms with Crippen molar-refractivity contribution < 1.29 is 19.4 Å². The maximum atomic E-state index is 12.2. The first-order valence-electron chi connectivity index (χ1n) is 6.41. The summed E-state index contributed by atoms with van der Waals surface area (Å²) in [7, 11) is 1.57. The van der Waals surface area contributed by atoms with Crippen molar-refractivity contribution in [3.05, 3.63) is 34.9 Å². The molecule has 1 heterocycles. The van der Waals surface area contributed by atoms with Gasteiger partial charge in [0, 0.05) is 26.8 Å². The van der Waals surface area contributed by atoms with Crippen LogP contribution in [0.25, 0.3) is 0 Å². The zero-order valence-corrected chi connectivity index (χ0v) is 11.3. The van der Waals surface area contributed by atoms with Gasteiger partial charge in [0.2, 0.25) is 5.91 Å². The second-order valence-electron chi connectivity index (χ2n) is 4.87. The maximum Gasteiger partial charge on any atom is 0.335 e. The third-order valence-electron chi connectivity index (χ3n) is 3.44. The summed E-state index contributed by atoms with van der Waals surface area (Å²) >= 11 is 0. The Bertz CT molecular complexity index is 530. The molecule has 0 spiro atoms. The first kappa shape index (κ1) is 14.5. The van der Waals surface area contributed by atoms with Crippen LogP contribution in [0.15, 0.2) is 18.2 Å². The summed E-state index contributed by atoms with van der Waals surface area (Å²) in [4.78, 5) is 24.7. The molecule has 6 nitrogen and oxygen atoms in total. The van der Waals surface area contributed by atoms with Crippen molar-refractivity contribution in [1.29, 1.82) is 0 Å². The molecule has 20 heavy (non-hydrogen) atoms. The Balaban J connectivity index is 2.05. The van der Waals surface area contributed by atoms with Gasteiger partial charge >= 0.3 is 5.97 Å². The Morgan fingerprint density at radius 1 is 1.40 bits per heavy atom. The number of carboxylic acids is 1. The number of carbonyl (C=O) groups is 2. The average Bonchev–Trinajstić information content (AvgIpc) is 2.86. The number of hydrogen-bond donors (Lipinski definition) is 2. The van der Waals surface area contributed by atoms with Gasteiger partial charge in [0.25, 0.3) is 0 Å². The van der Waals surface area contributed by atoms with E-state index >= 15 is 0 Å². The van der Waals surface area contributed by atoms with E-state index in [-0.39, 0.29) is 11.5 Å². The van der Waals surface area contributed by atoms with Crippen LogP contribution in [0.5, 0.6) is 0 Å². The summed E-state index contributed by atoms with van der Waals surface area (Å²) in [5, 5.41) is 8.96. The van der Waals surface area contributed by atoms with E-state index < -0.39 is 12.0 Å². The van der Waals surface area contributed by atoms with E-state index in [0.717, 1.165) is 11.1 Å². The number of amides is 1. The van der Waals surface area contributed by atoms with E-state index in [2.05, 4.69) is 0 Å². The lowest BCUT2D eigenvalue weighted by molar-refractivity contribution is -0.133. The lowest BCUT2D eigenvalue weighted by Gasteiger charge is -2.20. The molecule has 0 aliphatic carbocycles. The van der Waals surface area contributed by atoms with Gasteiger partial charge in [0.15, 0.2) is 0 Å². The molecule has 1 atom stereocenters. The molecule has 0 radical (unpaired) electrons. The first-order chi connectivity index (χ1) is 9.52. The van der Waals surface area contributed by atoms with Gasteiger partial charge in [-0.3, -0.25) is 4.79 Å². The van der Waals surface area contributed by atoms with Crippen molar-refractivity contribution >= 4 is 11.9 Å². The molecular formula is C14H18N2O4. The molecule has 1 aliphatic heterocycles. The third kappa shape index (κ3) is 2.97. The molecule has 0 saturated heterocycles. The van der Waals surface area contributed by atoms with Crippen molar-refractivity contribution in [3.8, 4) is 0 Å². The normalized spacial score (nSPS) is 15.0. The van der Waals surface area contributed by atoms with E-state index in [0.29, 0.717) is 26.1 Å². The Morgan fingerprint density at radius 3 is 2.75 bits per heavy atom. The number of rotatable bonds is 5. The number of fused-ring (bicyclic) bond motifs is 1. The second-order valence-corrected chi connectivity index (χ2v) is 4.87. The van der Waals surface area contributed by atoms with Crippen molar-refractivity contribution in [2.24, 2.45) is 5.73 Å². The summed E-state index contributed by atoms with van der Waals surface area (Å²) in [5.74, 6) is -1.09. The van der Waals surface area contributed by atoms with Crippen molar-refractivity contribution in [2.45, 2.75) is 25.6 Å². The van der Waals surface area contributed by atoms with Gasteiger partial charge in [-0.15, -0.1) is 0 Å². The number of methoxy groups -OCH3 is 1. The number of ether oxygens (including phenoxy) is 1. The topological polar surface area (TPSA) is 92.9 Å². The van der Waals surface area contributed by atoms with Crippen LogP contribution in [0.2, 0.25) is 0 Å². The fourth-order valence-electron chi connectivity index (χ4n) is 2.29. The van der Waals surface area contributed by atoms with Crippen LogP contribution < -0.4 is 5.73 Å². The highest BCUT2D eigenvalue weighted by Crippen LogP contribution is 2.24. The van der Waals surface area contributed by atoms with E-state index in [1.165, 1.54) is 0 Å². The van der Waals surface area contributed by atoms with E-state index in [1.54, 1.807) is 30.2 Å². The monoisotopic (exact) mass is 278 g/mol. The number of benzene rings is 1. The molecule has 1 aliphatic rings. The van der Waals surface area contributed by atoms with E-state index in [9.17, 15) is 9.59 Å². The fraction of sp³-hybridized carbons (Fsp3) is 0.429. The zero-order valence-electron chi connectivity index (χ0n) is 11.3. The SMILES string of the molecule is COCCC(N)C(=O)N1Cc2ccc(C(=O)O)cc2C1. The standard InChI is InChI=1S/C14H18N2O4/c1-20-5-4-12(15)13(17)16-7-10-3-2-9(14(18)19)6-11(10)8-16/h2-3,6,12H,4-5,7-8,15H2,1H3,(H,18,19). The van der Waals surface area contributed by atoms with Gasteiger partial charge in [0.1, 0.15) is 0 Å². The molecule has 1 unspecified atom stereocenters. The van der Waals surface area contributed by atoms with Crippen LogP contribution in [-0.2, 0) is 22.6 Å². The van der Waals surface area contributed by atoms with Crippen LogP contribution >= 0.6 is 0 Å². The quantitative estimate of drug-likeness (QED) is 0.822. The smallest absolute Gasteiger partial charge is 0.335 e. The molecule has 1 aromatic carbocycles. The lowest BCUT2D eigenvalue weighted by Crippen LogP contribution is -2.41. The van der Waals surface area contributed by atoms with Crippen molar-refractivity contribution in [2.75, 3.05) is 13.7 Å². The van der Waals surface area contributed by atoms with Gasteiger partial charge in [-0.1, -0.05) is 6.07 Å². The van der Waals surface area contributed by atoms with Gasteiger partial charge in [-0.05, 0) is 29.7 Å². The summed E-state index contributed by atoms with van der Waals surface area (Å²) < 4.78 is 4.91. The Labute approximate surface area is 117 Å². The highest BCUT2D eigenvalue weighted by Gasteiger charge is 2.27. The molecule has 2 rings (SSSR count). The van der Waals surface area contributed by atoms with E-state index in [4.69, 9.17) is 15.6 Å². The van der Waals surface area contributed by atoms with Crippen LogP contribution in [-0.4, -0.2) is 41.6 Å². The number of hydrogen-bond acceptors (Lipinski definition) is 4. The number of nitrogens with two attached hydrogens (primary N) is 1. The highest BCUT2D eigenvalue weighted by molar-refractivity contribution is 5.88. The molecule has 0 fully saturated rings. The van der Waals surface area contributed by atoms with Gasteiger partial charge in [-0.25, -0.2) is 4.79 Å². The summed E-state index contributed by atoms with van der Waals surface area (Å²) in [6.45, 7) is 1.33. The van der Waals surface area contributed by atoms with E-state index in [1.807, 2.05) is 0 Å². The zero-order chi connectivity index (χ0) is 14.7. The predicted molar refractivity (Wildman–Crippen MR) is 72.1 cm³/mol. The Morgan fingerprint density at radius 2 is 2.10 bits per heavy atom. The van der Waals surface area contributed by atoms with Crippen LogP contribution in [0, 0.1) is 0 Å². The molecule has 0 saturated carbocycles. The first-order valence-corrected chi connectivity index (χ1v) is 6.41. The molecule has 108 valence electrons. The minimum atomic E-state index is -0.964. The molecule has 3 N–H and O–H groups in total. The van der Waals surface area contributed by atoms with Crippen molar-refractivity contribution in [1.82, 2.24) is 4.90 Å². The number of nitrogens with zero attached hydrogens (tertiary/aromatic N) is 1. The lowest BCUT2D eigenvalue weighted by atomic mass is 10.1. The summed E-state index contributed by atoms with van der Waals surface area (Å²) in [5.41, 5.74) is 7.92. The summed E-state index contributed by atoms with van der Waals surface area (Å²) in [6, 6.07) is 4.35. The third-order valence-corrected chi connectivity index (χ3v) is 3.44. The Hall–Kier alpha value is -1.92. The molecular weight excluding hydrogens is 260 g/mol. The molecule has 6 heteroatoms. The minimum absolute atomic E-state index is 0.130. The summed E-state index contributed by atoms with van der Waals surface area (Å²) in [6.07, 6.45) is 0.475. The molecule has 1 aromatic rings. The van der Waals surface area contributed by atoms with Gasteiger partial charge in [-0.2, -0.15) is 0 Å². The fourth-order valence-corrected chi connectivity index (χ4v) is 2.29. The molecule has 0 bridgehead atoms. The molecule has 1 amide bonds. The average molecular weight is 278 g/mol. The molecule has 0 aromatic heterocycles. The van der Waals surface area contributed by atoms with Crippen LogP contribution in [0.4, 0.5) is 0 Å². The highest BCUT2D eigenvalue weighted by atomic mass is 16.5. The second kappa shape index (κ2) is 6.02. The Kier molecular flexibility index (Phi) is 4.36. The van der Waals surface area contributed by atoms with Crippen LogP contribution in [0.3, 0.4) is 0 Å². The number of aromatic carboxylic acids is 1. The van der Waals surface area contributed by atoms with Crippen LogP contribution in [0.1, 0.15) is 27.9 Å². The van der Waals surface area contributed by atoms with Gasteiger partial charge in [0.05, 0.1) is 11.6 Å². The maximum absolute atomic E-state index is 12.2.